The number of nitrogens with one attached hydrogen (secondary N) is 2. The molecule has 9 nitrogen and oxygen atoms in total. The zero-order valence-corrected chi connectivity index (χ0v) is 27.9. The van der Waals surface area contributed by atoms with Crippen molar-refractivity contribution in [1.82, 2.24) is 19.4 Å². The van der Waals surface area contributed by atoms with Crippen molar-refractivity contribution in [2.75, 3.05) is 56.5 Å². The lowest BCUT2D eigenvalue weighted by Gasteiger charge is -2.33. The summed E-state index contributed by atoms with van der Waals surface area (Å²) in [5.41, 5.74) is 5.24. The minimum absolute atomic E-state index is 0.0124. The fourth-order valence-electron chi connectivity index (χ4n) is 5.57. The van der Waals surface area contributed by atoms with E-state index in [1.165, 1.54) is 10.1 Å². The van der Waals surface area contributed by atoms with Gasteiger partial charge in [-0.25, -0.2) is 4.98 Å². The summed E-state index contributed by atoms with van der Waals surface area (Å²) in [5.74, 6) is 0.818. The molecule has 1 saturated heterocycles. The van der Waals surface area contributed by atoms with Gasteiger partial charge in [-0.1, -0.05) is 52.0 Å². The van der Waals surface area contributed by atoms with Crippen molar-refractivity contribution in [2.24, 2.45) is 7.05 Å². The summed E-state index contributed by atoms with van der Waals surface area (Å²) in [6, 6.07) is 21.0. The number of rotatable bonds is 10. The molecule has 1 aliphatic heterocycles. The molecule has 0 unspecified atom stereocenters. The largest absolute Gasteiger partial charge is 0.492 e. The van der Waals surface area contributed by atoms with Gasteiger partial charge in [0.2, 0.25) is 0 Å². The Hall–Kier alpha value is -4.47. The number of aryl methyl sites for hydroxylation is 1. The van der Waals surface area contributed by atoms with E-state index < -0.39 is 0 Å². The van der Waals surface area contributed by atoms with Crippen molar-refractivity contribution < 1.29 is 9.53 Å². The van der Waals surface area contributed by atoms with Crippen LogP contribution in [0.1, 0.15) is 49.2 Å². The Labute approximate surface area is 272 Å². The van der Waals surface area contributed by atoms with Crippen LogP contribution in [0, 0.1) is 6.92 Å². The molecule has 9 heteroatoms. The molecule has 4 aromatic rings. The second kappa shape index (κ2) is 14.3. The first-order chi connectivity index (χ1) is 22.0. The van der Waals surface area contributed by atoms with Crippen LogP contribution in [-0.4, -0.2) is 71.1 Å². The zero-order valence-electron chi connectivity index (χ0n) is 27.9. The van der Waals surface area contributed by atoms with E-state index >= 15 is 0 Å². The summed E-state index contributed by atoms with van der Waals surface area (Å²) >= 11 is 0. The van der Waals surface area contributed by atoms with Gasteiger partial charge in [0, 0.05) is 68.5 Å². The van der Waals surface area contributed by atoms with Crippen LogP contribution in [0.15, 0.2) is 77.7 Å². The Morgan fingerprint density at radius 1 is 0.935 bits per heavy atom. The number of benzene rings is 3. The number of aromatic nitrogens is 2. The summed E-state index contributed by atoms with van der Waals surface area (Å²) in [4.78, 5) is 35.8. The summed E-state index contributed by atoms with van der Waals surface area (Å²) in [6.45, 7) is 17.6. The molecule has 3 aromatic carbocycles. The number of hydrogen-bond donors (Lipinski definition) is 2. The Kier molecular flexibility index (Phi) is 10.2. The number of carbonyl (C=O) groups excluding carboxylic acids is 1. The summed E-state index contributed by atoms with van der Waals surface area (Å²) in [5, 5.41) is 6.24. The van der Waals surface area contributed by atoms with Gasteiger partial charge in [-0.15, -0.1) is 0 Å². The minimum Gasteiger partial charge on any atom is -0.492 e. The van der Waals surface area contributed by atoms with Crippen LogP contribution in [0.25, 0.3) is 11.3 Å². The molecular weight excluding hydrogens is 576 g/mol. The molecule has 1 aromatic heterocycles. The molecule has 242 valence electrons. The number of amides is 1. The molecule has 1 amide bonds. The number of carbonyl (C=O) groups is 1. The molecule has 0 aliphatic carbocycles. The highest BCUT2D eigenvalue weighted by molar-refractivity contribution is 6.05. The van der Waals surface area contributed by atoms with E-state index in [0.717, 1.165) is 61.8 Å². The maximum absolute atomic E-state index is 13.1. The third-order valence-corrected chi connectivity index (χ3v) is 8.65. The highest BCUT2D eigenvalue weighted by Gasteiger charge is 2.17. The molecule has 0 saturated carbocycles. The molecular formula is C37H46N6O3. The summed E-state index contributed by atoms with van der Waals surface area (Å²) < 4.78 is 7.51. The Bertz CT molecular complexity index is 1700. The van der Waals surface area contributed by atoms with Crippen LogP contribution < -0.4 is 20.9 Å². The lowest BCUT2D eigenvalue weighted by atomic mass is 9.86. The quantitative estimate of drug-likeness (QED) is 0.222. The molecule has 5 rings (SSSR count). The predicted octanol–water partition coefficient (Wildman–Crippen LogP) is 6.07. The van der Waals surface area contributed by atoms with E-state index in [0.29, 0.717) is 23.6 Å². The van der Waals surface area contributed by atoms with Gasteiger partial charge >= 0.3 is 0 Å². The second-order valence-electron chi connectivity index (χ2n) is 12.9. The van der Waals surface area contributed by atoms with Gasteiger partial charge in [-0.3, -0.25) is 14.5 Å². The lowest BCUT2D eigenvalue weighted by Crippen LogP contribution is -2.47. The van der Waals surface area contributed by atoms with Gasteiger partial charge in [-0.05, 0) is 72.5 Å². The molecule has 2 heterocycles. The third-order valence-electron chi connectivity index (χ3n) is 8.65. The lowest BCUT2D eigenvalue weighted by molar-refractivity contribution is 0.102. The monoisotopic (exact) mass is 622 g/mol. The number of anilines is 3. The normalized spacial score (nSPS) is 14.2. The van der Waals surface area contributed by atoms with Gasteiger partial charge in [0.1, 0.15) is 12.4 Å². The molecule has 2 N–H and O–H groups in total. The fourth-order valence-corrected chi connectivity index (χ4v) is 5.57. The van der Waals surface area contributed by atoms with Crippen LogP contribution in [0.2, 0.25) is 0 Å². The molecule has 0 spiro atoms. The fraction of sp³-hybridized carbons (Fsp3) is 0.378. The Balaban J connectivity index is 1.25. The number of hydrogen-bond acceptors (Lipinski definition) is 7. The maximum Gasteiger partial charge on any atom is 0.293 e. The zero-order chi connectivity index (χ0) is 32.8. The highest BCUT2D eigenvalue weighted by Crippen LogP contribution is 2.29. The van der Waals surface area contributed by atoms with Gasteiger partial charge in [0.15, 0.2) is 5.82 Å². The smallest absolute Gasteiger partial charge is 0.293 e. The first-order valence-electron chi connectivity index (χ1n) is 16.1. The number of piperazine rings is 1. The van der Waals surface area contributed by atoms with Crippen molar-refractivity contribution in [1.29, 1.82) is 0 Å². The van der Waals surface area contributed by atoms with Crippen LogP contribution in [0.5, 0.6) is 5.75 Å². The average molecular weight is 623 g/mol. The molecule has 1 fully saturated rings. The topological polar surface area (TPSA) is 91.7 Å². The van der Waals surface area contributed by atoms with Crippen LogP contribution >= 0.6 is 0 Å². The average Bonchev–Trinajstić information content (AvgIpc) is 3.05. The summed E-state index contributed by atoms with van der Waals surface area (Å²) in [6.07, 6.45) is 1.71. The number of ether oxygens (including phenoxy) is 1. The van der Waals surface area contributed by atoms with Crippen LogP contribution in [0.4, 0.5) is 17.2 Å². The number of likely N-dealkylation sites (N-methyl/N-ethyl adjacent to an activating group) is 1. The van der Waals surface area contributed by atoms with Gasteiger partial charge in [0.05, 0.1) is 5.69 Å². The van der Waals surface area contributed by atoms with E-state index in [4.69, 9.17) is 9.72 Å². The van der Waals surface area contributed by atoms with Crippen molar-refractivity contribution in [2.45, 2.75) is 40.0 Å². The van der Waals surface area contributed by atoms with Gasteiger partial charge < -0.3 is 24.8 Å². The van der Waals surface area contributed by atoms with Crippen LogP contribution in [-0.2, 0) is 12.5 Å². The van der Waals surface area contributed by atoms with Crippen LogP contribution in [0.3, 0.4) is 0 Å². The van der Waals surface area contributed by atoms with E-state index in [-0.39, 0.29) is 22.7 Å². The molecule has 0 radical (unpaired) electrons. The van der Waals surface area contributed by atoms with Crippen molar-refractivity contribution in [3.05, 3.63) is 100.0 Å². The Morgan fingerprint density at radius 2 is 1.61 bits per heavy atom. The predicted molar refractivity (Wildman–Crippen MR) is 187 cm³/mol. The number of nitrogens with zero attached hydrogens (tertiary/aromatic N) is 4. The molecule has 46 heavy (non-hydrogen) atoms. The van der Waals surface area contributed by atoms with Crippen molar-refractivity contribution >= 4 is 23.1 Å². The highest BCUT2D eigenvalue weighted by atomic mass is 16.5. The standard InChI is InChI=1S/C37H46N6O3/c1-7-42-19-21-43(22-20-42)23-24-46-30-17-15-29(16-18-30)38-34-36(45)41(6)25-33(39-34)31-9-8-10-32(26(31)2)40-35(44)27-11-13-28(14-12-27)37(3,4)5/h8-18,25H,7,19-24H2,1-6H3,(H,38,39)(H,40,44). The van der Waals surface area contributed by atoms with Gasteiger partial charge in [0.25, 0.3) is 11.5 Å². The molecule has 0 bridgehead atoms. The van der Waals surface area contributed by atoms with E-state index in [1.807, 2.05) is 73.7 Å². The molecule has 0 atom stereocenters. The summed E-state index contributed by atoms with van der Waals surface area (Å²) in [7, 11) is 1.71. The van der Waals surface area contributed by atoms with Gasteiger partial charge in [-0.2, -0.15) is 0 Å². The Morgan fingerprint density at radius 3 is 2.26 bits per heavy atom. The van der Waals surface area contributed by atoms with Crippen molar-refractivity contribution in [3.63, 3.8) is 0 Å². The first-order valence-corrected chi connectivity index (χ1v) is 16.1. The molecule has 1 aliphatic rings. The van der Waals surface area contributed by atoms with E-state index in [2.05, 4.69) is 48.1 Å². The van der Waals surface area contributed by atoms with E-state index in [9.17, 15) is 9.59 Å². The van der Waals surface area contributed by atoms with E-state index in [1.54, 1.807) is 13.2 Å². The maximum atomic E-state index is 13.1. The van der Waals surface area contributed by atoms with Crippen molar-refractivity contribution in [3.8, 4) is 17.0 Å². The first kappa shape index (κ1) is 32.9. The third kappa shape index (κ3) is 8.02. The minimum atomic E-state index is -0.243. The second-order valence-corrected chi connectivity index (χ2v) is 12.9. The SMILES string of the molecule is CCN1CCN(CCOc2ccc(Nc3nc(-c4cccc(NC(=O)c5ccc(C(C)(C)C)cc5)c4C)cn(C)c3=O)cc2)CC1.